The van der Waals surface area contributed by atoms with Crippen molar-refractivity contribution in [2.24, 2.45) is 0 Å². The standard InChI is InChI=1S/C26H22N2O6/c1-3-32-18-8-6-7-17(14-18)28-25(29)23(19-9-4-5-10-20(19)31-2)24(26(28)30)27-16-11-12-21-22(13-16)34-15-33-21/h4-14,27H,3,15H2,1-2H3. The molecule has 2 amide bonds. The van der Waals surface area contributed by atoms with Gasteiger partial charge in [-0.3, -0.25) is 9.59 Å². The van der Waals surface area contributed by atoms with E-state index in [1.165, 1.54) is 7.11 Å². The Kier molecular flexibility index (Phi) is 5.55. The van der Waals surface area contributed by atoms with Crippen molar-refractivity contribution in [3.05, 3.63) is 78.0 Å². The third kappa shape index (κ3) is 3.69. The third-order valence-corrected chi connectivity index (χ3v) is 5.49. The average Bonchev–Trinajstić information content (AvgIpc) is 3.41. The molecule has 2 aliphatic heterocycles. The molecule has 0 saturated heterocycles. The Balaban J connectivity index is 1.60. The minimum absolute atomic E-state index is 0.134. The zero-order valence-corrected chi connectivity index (χ0v) is 18.7. The molecule has 0 bridgehead atoms. The van der Waals surface area contributed by atoms with Crippen molar-refractivity contribution in [1.82, 2.24) is 0 Å². The van der Waals surface area contributed by atoms with Crippen LogP contribution >= 0.6 is 0 Å². The van der Waals surface area contributed by atoms with E-state index in [0.717, 1.165) is 4.90 Å². The molecule has 3 aromatic rings. The second-order valence-corrected chi connectivity index (χ2v) is 7.52. The fourth-order valence-corrected chi connectivity index (χ4v) is 3.98. The predicted octanol–water partition coefficient (Wildman–Crippen LogP) is 4.22. The number of nitrogens with zero attached hydrogens (tertiary/aromatic N) is 1. The van der Waals surface area contributed by atoms with Crippen molar-refractivity contribution in [1.29, 1.82) is 0 Å². The number of imide groups is 1. The molecule has 0 aromatic heterocycles. The van der Waals surface area contributed by atoms with E-state index < -0.39 is 11.8 Å². The summed E-state index contributed by atoms with van der Waals surface area (Å²) in [5.41, 5.74) is 1.85. The Morgan fingerprint density at radius 3 is 2.59 bits per heavy atom. The molecule has 3 aromatic carbocycles. The molecule has 0 atom stereocenters. The minimum atomic E-state index is -0.489. The first-order chi connectivity index (χ1) is 16.6. The maximum atomic E-state index is 13.7. The first-order valence-electron chi connectivity index (χ1n) is 10.8. The van der Waals surface area contributed by atoms with E-state index in [1.807, 2.05) is 6.92 Å². The highest BCUT2D eigenvalue weighted by molar-refractivity contribution is 6.46. The van der Waals surface area contributed by atoms with E-state index in [4.69, 9.17) is 18.9 Å². The van der Waals surface area contributed by atoms with Crippen molar-refractivity contribution in [3.8, 4) is 23.0 Å². The molecule has 172 valence electrons. The van der Waals surface area contributed by atoms with Gasteiger partial charge in [-0.25, -0.2) is 4.90 Å². The molecule has 0 aliphatic carbocycles. The fourth-order valence-electron chi connectivity index (χ4n) is 3.98. The Morgan fingerprint density at radius 1 is 0.941 bits per heavy atom. The summed E-state index contributed by atoms with van der Waals surface area (Å²) in [5, 5.41) is 3.14. The highest BCUT2D eigenvalue weighted by atomic mass is 16.7. The largest absolute Gasteiger partial charge is 0.496 e. The summed E-state index contributed by atoms with van der Waals surface area (Å²) in [4.78, 5) is 28.5. The molecular weight excluding hydrogens is 436 g/mol. The van der Waals surface area contributed by atoms with Gasteiger partial charge in [0.15, 0.2) is 11.5 Å². The smallest absolute Gasteiger partial charge is 0.282 e. The van der Waals surface area contributed by atoms with Crippen LogP contribution in [-0.2, 0) is 9.59 Å². The molecule has 0 spiro atoms. The van der Waals surface area contributed by atoms with E-state index >= 15 is 0 Å². The van der Waals surface area contributed by atoms with Gasteiger partial charge in [0.05, 0.1) is 25.0 Å². The highest BCUT2D eigenvalue weighted by Crippen LogP contribution is 2.39. The Morgan fingerprint density at radius 2 is 1.76 bits per heavy atom. The normalized spacial score (nSPS) is 14.6. The lowest BCUT2D eigenvalue weighted by molar-refractivity contribution is -0.120. The minimum Gasteiger partial charge on any atom is -0.496 e. The summed E-state index contributed by atoms with van der Waals surface area (Å²) in [5.74, 6) is 1.27. The molecule has 0 radical (unpaired) electrons. The van der Waals surface area contributed by atoms with Crippen LogP contribution in [0.3, 0.4) is 0 Å². The monoisotopic (exact) mass is 458 g/mol. The number of hydrogen-bond acceptors (Lipinski definition) is 7. The van der Waals surface area contributed by atoms with Gasteiger partial charge in [0.2, 0.25) is 6.79 Å². The number of carbonyl (C=O) groups excluding carboxylic acids is 2. The zero-order valence-electron chi connectivity index (χ0n) is 18.7. The van der Waals surface area contributed by atoms with Crippen LogP contribution in [0.2, 0.25) is 0 Å². The summed E-state index contributed by atoms with van der Waals surface area (Å²) in [6.07, 6.45) is 0. The van der Waals surface area contributed by atoms with Crippen molar-refractivity contribution in [2.75, 3.05) is 30.7 Å². The predicted molar refractivity (Wildman–Crippen MR) is 126 cm³/mol. The number of fused-ring (bicyclic) bond motifs is 1. The van der Waals surface area contributed by atoms with Crippen molar-refractivity contribution in [2.45, 2.75) is 6.92 Å². The first kappa shape index (κ1) is 21.4. The van der Waals surface area contributed by atoms with Gasteiger partial charge in [0, 0.05) is 23.4 Å². The number of rotatable bonds is 7. The number of benzene rings is 3. The van der Waals surface area contributed by atoms with Crippen LogP contribution in [0.4, 0.5) is 11.4 Å². The van der Waals surface area contributed by atoms with E-state index in [-0.39, 0.29) is 18.1 Å². The third-order valence-electron chi connectivity index (χ3n) is 5.49. The van der Waals surface area contributed by atoms with Gasteiger partial charge in [-0.15, -0.1) is 0 Å². The second kappa shape index (κ2) is 8.82. The average molecular weight is 458 g/mol. The van der Waals surface area contributed by atoms with Crippen LogP contribution in [0.1, 0.15) is 12.5 Å². The maximum absolute atomic E-state index is 13.7. The van der Waals surface area contributed by atoms with Gasteiger partial charge < -0.3 is 24.3 Å². The topological polar surface area (TPSA) is 86.3 Å². The van der Waals surface area contributed by atoms with Gasteiger partial charge in [0.1, 0.15) is 17.2 Å². The highest BCUT2D eigenvalue weighted by Gasteiger charge is 2.41. The van der Waals surface area contributed by atoms with Crippen molar-refractivity contribution < 1.29 is 28.5 Å². The molecule has 34 heavy (non-hydrogen) atoms. The molecule has 0 unspecified atom stereocenters. The van der Waals surface area contributed by atoms with Crippen LogP contribution in [0, 0.1) is 0 Å². The van der Waals surface area contributed by atoms with Gasteiger partial charge in [-0.2, -0.15) is 0 Å². The fraction of sp³-hybridized carbons (Fsp3) is 0.154. The summed E-state index contributed by atoms with van der Waals surface area (Å²) in [6, 6.07) is 19.2. The lowest BCUT2D eigenvalue weighted by Gasteiger charge is -2.16. The molecule has 0 fully saturated rings. The maximum Gasteiger partial charge on any atom is 0.282 e. The lowest BCUT2D eigenvalue weighted by atomic mass is 10.0. The molecule has 8 heteroatoms. The second-order valence-electron chi connectivity index (χ2n) is 7.52. The summed E-state index contributed by atoms with van der Waals surface area (Å²) >= 11 is 0. The number of ether oxygens (including phenoxy) is 4. The van der Waals surface area contributed by atoms with Crippen molar-refractivity contribution >= 4 is 28.8 Å². The molecule has 8 nitrogen and oxygen atoms in total. The SMILES string of the molecule is CCOc1cccc(N2C(=O)C(Nc3ccc4c(c3)OCO4)=C(c3ccccc3OC)C2=O)c1. The molecule has 2 heterocycles. The van der Waals surface area contributed by atoms with Crippen molar-refractivity contribution in [3.63, 3.8) is 0 Å². The summed E-state index contributed by atoms with van der Waals surface area (Å²) in [6.45, 7) is 2.47. The Bertz CT molecular complexity index is 1320. The molecule has 2 aliphatic rings. The summed E-state index contributed by atoms with van der Waals surface area (Å²) in [7, 11) is 1.52. The molecule has 0 saturated carbocycles. The van der Waals surface area contributed by atoms with E-state index in [2.05, 4.69) is 5.32 Å². The van der Waals surface area contributed by atoms with E-state index in [9.17, 15) is 9.59 Å². The quantitative estimate of drug-likeness (QED) is 0.531. The molecule has 1 N–H and O–H groups in total. The van der Waals surface area contributed by atoms with Crippen LogP contribution < -0.4 is 29.2 Å². The first-order valence-corrected chi connectivity index (χ1v) is 10.8. The van der Waals surface area contributed by atoms with Crippen LogP contribution in [0.25, 0.3) is 5.57 Å². The number of carbonyl (C=O) groups is 2. The Labute approximate surface area is 196 Å². The number of amides is 2. The number of methoxy groups -OCH3 is 1. The Hall–Kier alpha value is -4.46. The van der Waals surface area contributed by atoms with Crippen LogP contribution in [-0.4, -0.2) is 32.3 Å². The van der Waals surface area contributed by atoms with Crippen LogP contribution in [0.5, 0.6) is 23.0 Å². The number of para-hydroxylation sites is 1. The van der Waals surface area contributed by atoms with Gasteiger partial charge >= 0.3 is 0 Å². The van der Waals surface area contributed by atoms with E-state index in [1.54, 1.807) is 66.7 Å². The van der Waals surface area contributed by atoms with Gasteiger partial charge in [-0.1, -0.05) is 24.3 Å². The summed E-state index contributed by atoms with van der Waals surface area (Å²) < 4.78 is 21.9. The zero-order chi connectivity index (χ0) is 23.7. The van der Waals surface area contributed by atoms with E-state index in [0.29, 0.717) is 46.5 Å². The van der Waals surface area contributed by atoms with Gasteiger partial charge in [0.25, 0.3) is 11.8 Å². The van der Waals surface area contributed by atoms with Gasteiger partial charge in [-0.05, 0) is 37.3 Å². The molecule has 5 rings (SSSR count). The molecular formula is C26H22N2O6. The lowest BCUT2D eigenvalue weighted by Crippen LogP contribution is -2.32. The number of nitrogens with one attached hydrogen (secondary N) is 1. The van der Waals surface area contributed by atoms with Crippen LogP contribution in [0.15, 0.2) is 72.4 Å². The number of anilines is 2. The number of hydrogen-bond donors (Lipinski definition) is 1.